The molecule has 1 aromatic carbocycles. The van der Waals surface area contributed by atoms with E-state index in [0.29, 0.717) is 0 Å². The lowest BCUT2D eigenvalue weighted by Gasteiger charge is -2.15. The van der Waals surface area contributed by atoms with Crippen molar-refractivity contribution in [3.8, 4) is 11.5 Å². The fourth-order valence-corrected chi connectivity index (χ4v) is 1.85. The molecule has 0 saturated heterocycles. The second kappa shape index (κ2) is 5.55. The zero-order valence-electron chi connectivity index (χ0n) is 10.2. The van der Waals surface area contributed by atoms with E-state index < -0.39 is 0 Å². The first-order chi connectivity index (χ1) is 8.66. The molecule has 5 heteroatoms. The lowest BCUT2D eigenvalue weighted by atomic mass is 10.1. The third-order valence-electron chi connectivity index (χ3n) is 2.88. The number of rotatable bonds is 5. The molecule has 1 heterocycles. The first-order valence-corrected chi connectivity index (χ1v) is 5.89. The zero-order valence-corrected chi connectivity index (χ0v) is 10.2. The van der Waals surface area contributed by atoms with Crippen LogP contribution >= 0.6 is 0 Å². The fourth-order valence-electron chi connectivity index (χ4n) is 1.85. The van der Waals surface area contributed by atoms with Crippen molar-refractivity contribution < 1.29 is 10.2 Å². The highest BCUT2D eigenvalue weighted by Crippen LogP contribution is 2.27. The van der Waals surface area contributed by atoms with Gasteiger partial charge in [0.05, 0.1) is 6.33 Å². The van der Waals surface area contributed by atoms with Gasteiger partial charge < -0.3 is 20.5 Å². The lowest BCUT2D eigenvalue weighted by Crippen LogP contribution is -2.21. The van der Waals surface area contributed by atoms with Crippen molar-refractivity contribution in [3.05, 3.63) is 42.0 Å². The van der Waals surface area contributed by atoms with E-state index in [0.717, 1.165) is 24.2 Å². The van der Waals surface area contributed by atoms with E-state index in [2.05, 4.69) is 15.3 Å². The van der Waals surface area contributed by atoms with Crippen molar-refractivity contribution >= 4 is 0 Å². The molecule has 0 saturated carbocycles. The molecule has 1 unspecified atom stereocenters. The molecule has 1 aromatic heterocycles. The number of imidazole rings is 1. The zero-order chi connectivity index (χ0) is 13.0. The molecule has 2 rings (SSSR count). The Morgan fingerprint density at radius 2 is 2.22 bits per heavy atom. The molecule has 0 aliphatic heterocycles. The van der Waals surface area contributed by atoms with E-state index in [-0.39, 0.29) is 17.5 Å². The summed E-state index contributed by atoms with van der Waals surface area (Å²) < 4.78 is 0. The number of aromatic amines is 1. The predicted octanol–water partition coefficient (Wildman–Crippen LogP) is 1.71. The summed E-state index contributed by atoms with van der Waals surface area (Å²) in [4.78, 5) is 6.99. The molecular formula is C13H17N3O2. The second-order valence-corrected chi connectivity index (χ2v) is 4.25. The van der Waals surface area contributed by atoms with Crippen molar-refractivity contribution in [2.45, 2.75) is 19.4 Å². The third-order valence-corrected chi connectivity index (χ3v) is 2.88. The van der Waals surface area contributed by atoms with Gasteiger partial charge in [-0.05, 0) is 13.0 Å². The number of nitrogens with zero attached hydrogens (tertiary/aromatic N) is 1. The highest BCUT2D eigenvalue weighted by molar-refractivity contribution is 5.40. The Hall–Kier alpha value is -2.01. The minimum Gasteiger partial charge on any atom is -0.508 e. The van der Waals surface area contributed by atoms with Crippen LogP contribution in [0.1, 0.15) is 24.2 Å². The number of phenols is 2. The van der Waals surface area contributed by atoms with Gasteiger partial charge in [-0.15, -0.1) is 0 Å². The Labute approximate surface area is 106 Å². The molecule has 2 aromatic rings. The van der Waals surface area contributed by atoms with Gasteiger partial charge in [-0.1, -0.05) is 6.07 Å². The Morgan fingerprint density at radius 1 is 1.39 bits per heavy atom. The first-order valence-electron chi connectivity index (χ1n) is 5.89. The maximum Gasteiger partial charge on any atom is 0.124 e. The summed E-state index contributed by atoms with van der Waals surface area (Å²) in [5, 5.41) is 22.3. The maximum atomic E-state index is 9.73. The van der Waals surface area contributed by atoms with Gasteiger partial charge >= 0.3 is 0 Å². The second-order valence-electron chi connectivity index (χ2n) is 4.25. The summed E-state index contributed by atoms with van der Waals surface area (Å²) in [6.07, 6.45) is 4.30. The average Bonchev–Trinajstić information content (AvgIpc) is 2.81. The molecule has 0 aliphatic rings. The van der Waals surface area contributed by atoms with E-state index in [1.165, 1.54) is 6.07 Å². The van der Waals surface area contributed by atoms with Crippen LogP contribution in [0.15, 0.2) is 30.7 Å². The van der Waals surface area contributed by atoms with Crippen molar-refractivity contribution in [2.24, 2.45) is 0 Å². The van der Waals surface area contributed by atoms with E-state index in [9.17, 15) is 10.2 Å². The van der Waals surface area contributed by atoms with Crippen LogP contribution in [0.4, 0.5) is 0 Å². The van der Waals surface area contributed by atoms with Gasteiger partial charge in [0.15, 0.2) is 0 Å². The SMILES string of the molecule is CC(NCCc1cnc[nH]1)c1ccc(O)cc1O. The Kier molecular flexibility index (Phi) is 3.84. The number of aromatic hydroxyl groups is 2. The van der Waals surface area contributed by atoms with E-state index in [1.54, 1.807) is 24.7 Å². The van der Waals surface area contributed by atoms with Gasteiger partial charge in [0.25, 0.3) is 0 Å². The number of nitrogens with one attached hydrogen (secondary N) is 2. The van der Waals surface area contributed by atoms with Crippen LogP contribution in [0.2, 0.25) is 0 Å². The van der Waals surface area contributed by atoms with Crippen LogP contribution in [-0.2, 0) is 6.42 Å². The molecule has 96 valence electrons. The number of aromatic nitrogens is 2. The molecular weight excluding hydrogens is 230 g/mol. The summed E-state index contributed by atoms with van der Waals surface area (Å²) in [6, 6.07) is 4.66. The molecule has 0 fully saturated rings. The van der Waals surface area contributed by atoms with Crippen LogP contribution in [-0.4, -0.2) is 26.7 Å². The Bertz CT molecular complexity index is 497. The van der Waals surface area contributed by atoms with Gasteiger partial charge in [0, 0.05) is 42.5 Å². The molecule has 0 radical (unpaired) electrons. The summed E-state index contributed by atoms with van der Waals surface area (Å²) in [5.41, 5.74) is 1.85. The molecule has 0 bridgehead atoms. The minimum absolute atomic E-state index is 0.0218. The van der Waals surface area contributed by atoms with Gasteiger partial charge in [0.1, 0.15) is 11.5 Å². The normalized spacial score (nSPS) is 12.5. The number of phenolic OH excluding ortho intramolecular Hbond substituents is 2. The monoisotopic (exact) mass is 247 g/mol. The number of hydrogen-bond donors (Lipinski definition) is 4. The lowest BCUT2D eigenvalue weighted by molar-refractivity contribution is 0.436. The molecule has 0 amide bonds. The quantitative estimate of drug-likeness (QED) is 0.648. The summed E-state index contributed by atoms with van der Waals surface area (Å²) >= 11 is 0. The topological polar surface area (TPSA) is 81.2 Å². The van der Waals surface area contributed by atoms with Crippen LogP contribution in [0.3, 0.4) is 0 Å². The van der Waals surface area contributed by atoms with Crippen LogP contribution in [0.5, 0.6) is 11.5 Å². The molecule has 1 atom stereocenters. The first kappa shape index (κ1) is 12.4. The van der Waals surface area contributed by atoms with Crippen molar-refractivity contribution in [1.82, 2.24) is 15.3 Å². The van der Waals surface area contributed by atoms with Gasteiger partial charge in [0.2, 0.25) is 0 Å². The number of benzene rings is 1. The Balaban J connectivity index is 1.89. The van der Waals surface area contributed by atoms with Crippen molar-refractivity contribution in [1.29, 1.82) is 0 Å². The number of H-pyrrole nitrogens is 1. The van der Waals surface area contributed by atoms with Gasteiger partial charge in [-0.3, -0.25) is 0 Å². The molecule has 5 nitrogen and oxygen atoms in total. The maximum absolute atomic E-state index is 9.73. The highest BCUT2D eigenvalue weighted by atomic mass is 16.3. The average molecular weight is 247 g/mol. The Morgan fingerprint density at radius 3 is 2.89 bits per heavy atom. The summed E-state index contributed by atoms with van der Waals surface area (Å²) in [7, 11) is 0. The van der Waals surface area contributed by atoms with E-state index >= 15 is 0 Å². The molecule has 0 spiro atoms. The summed E-state index contributed by atoms with van der Waals surface area (Å²) in [6.45, 7) is 2.75. The largest absolute Gasteiger partial charge is 0.508 e. The number of hydrogen-bond acceptors (Lipinski definition) is 4. The summed E-state index contributed by atoms with van der Waals surface area (Å²) in [5.74, 6) is 0.178. The van der Waals surface area contributed by atoms with Crippen LogP contribution < -0.4 is 5.32 Å². The van der Waals surface area contributed by atoms with Crippen LogP contribution in [0, 0.1) is 0 Å². The van der Waals surface area contributed by atoms with Crippen LogP contribution in [0.25, 0.3) is 0 Å². The van der Waals surface area contributed by atoms with E-state index in [4.69, 9.17) is 0 Å². The standard InChI is InChI=1S/C13H17N3O2/c1-9(12-3-2-11(17)6-13(12)18)15-5-4-10-7-14-8-16-10/h2-3,6-9,15,17-18H,4-5H2,1H3,(H,14,16). The fraction of sp³-hybridized carbons (Fsp3) is 0.308. The predicted molar refractivity (Wildman–Crippen MR) is 68.5 cm³/mol. The van der Waals surface area contributed by atoms with Gasteiger partial charge in [-0.2, -0.15) is 0 Å². The molecule has 0 aliphatic carbocycles. The smallest absolute Gasteiger partial charge is 0.124 e. The highest BCUT2D eigenvalue weighted by Gasteiger charge is 2.10. The van der Waals surface area contributed by atoms with E-state index in [1.807, 2.05) is 6.92 Å². The van der Waals surface area contributed by atoms with Crippen molar-refractivity contribution in [2.75, 3.05) is 6.54 Å². The van der Waals surface area contributed by atoms with Crippen molar-refractivity contribution in [3.63, 3.8) is 0 Å². The molecule has 4 N–H and O–H groups in total. The molecule has 18 heavy (non-hydrogen) atoms. The third kappa shape index (κ3) is 3.01. The van der Waals surface area contributed by atoms with Gasteiger partial charge in [-0.25, -0.2) is 4.98 Å². The minimum atomic E-state index is 0.0218.